The fraction of sp³-hybridized carbons (Fsp3) is 0.923. The molecule has 17 heavy (non-hydrogen) atoms. The van der Waals surface area contributed by atoms with Crippen LogP contribution in [0.3, 0.4) is 0 Å². The minimum absolute atomic E-state index is 0.613. The van der Waals surface area contributed by atoms with Crippen LogP contribution in [-0.4, -0.2) is 38.8 Å². The molecule has 4 nitrogen and oxygen atoms in total. The molecule has 0 amide bonds. The molecule has 0 unspecified atom stereocenters. The summed E-state index contributed by atoms with van der Waals surface area (Å²) in [6.07, 6.45) is 7.57. The Balaban J connectivity index is 2.02. The summed E-state index contributed by atoms with van der Waals surface area (Å²) in [6, 6.07) is 0.613. The Morgan fingerprint density at radius 1 is 1.29 bits per heavy atom. The van der Waals surface area contributed by atoms with Gasteiger partial charge in [0.1, 0.15) is 0 Å². The fourth-order valence-electron chi connectivity index (χ4n) is 2.05. The highest BCUT2D eigenvalue weighted by atomic mass is 16.5. The Morgan fingerprint density at radius 3 is 2.71 bits per heavy atom. The predicted molar refractivity (Wildman–Crippen MR) is 72.5 cm³/mol. The van der Waals surface area contributed by atoms with Crippen molar-refractivity contribution in [3.8, 4) is 0 Å². The average Bonchev–Trinajstić information content (AvgIpc) is 2.85. The summed E-state index contributed by atoms with van der Waals surface area (Å²) in [6.45, 7) is 4.63. The van der Waals surface area contributed by atoms with Gasteiger partial charge in [-0.3, -0.25) is 4.99 Å². The quantitative estimate of drug-likeness (QED) is 0.406. The topological polar surface area (TPSA) is 45.6 Å². The largest absolute Gasteiger partial charge is 0.380 e. The van der Waals surface area contributed by atoms with E-state index < -0.39 is 0 Å². The lowest BCUT2D eigenvalue weighted by Gasteiger charge is -2.16. The third kappa shape index (κ3) is 6.51. The molecule has 1 rings (SSSR count). The Bertz CT molecular complexity index is 213. The van der Waals surface area contributed by atoms with Crippen LogP contribution < -0.4 is 10.6 Å². The number of aliphatic imine (C=N–C) groups is 1. The van der Waals surface area contributed by atoms with Gasteiger partial charge in [0, 0.05) is 26.2 Å². The van der Waals surface area contributed by atoms with Gasteiger partial charge in [-0.25, -0.2) is 0 Å². The maximum atomic E-state index is 5.49. The molecule has 0 aliphatic heterocycles. The number of nitrogens with zero attached hydrogens (tertiary/aromatic N) is 1. The van der Waals surface area contributed by atoms with Crippen LogP contribution in [0.4, 0.5) is 0 Å². The van der Waals surface area contributed by atoms with Crippen LogP contribution in [0.5, 0.6) is 0 Å². The zero-order chi connectivity index (χ0) is 12.3. The van der Waals surface area contributed by atoms with Gasteiger partial charge in [-0.1, -0.05) is 26.2 Å². The van der Waals surface area contributed by atoms with Gasteiger partial charge in [0.25, 0.3) is 0 Å². The van der Waals surface area contributed by atoms with E-state index in [4.69, 9.17) is 4.74 Å². The van der Waals surface area contributed by atoms with Crippen molar-refractivity contribution in [3.63, 3.8) is 0 Å². The number of ether oxygens (including phenoxy) is 1. The van der Waals surface area contributed by atoms with E-state index in [2.05, 4.69) is 22.5 Å². The number of hydrogen-bond acceptors (Lipinski definition) is 2. The third-order valence-electron chi connectivity index (χ3n) is 3.10. The molecule has 1 aliphatic rings. The normalized spacial score (nSPS) is 17.4. The van der Waals surface area contributed by atoms with Crippen molar-refractivity contribution < 1.29 is 4.74 Å². The molecule has 1 saturated carbocycles. The second kappa shape index (κ2) is 9.28. The Labute approximate surface area is 105 Å². The number of nitrogens with one attached hydrogen (secondary N) is 2. The van der Waals surface area contributed by atoms with E-state index in [1.54, 1.807) is 0 Å². The molecular weight excluding hydrogens is 214 g/mol. The Kier molecular flexibility index (Phi) is 7.80. The lowest BCUT2D eigenvalue weighted by molar-refractivity contribution is 0.136. The van der Waals surface area contributed by atoms with E-state index in [0.717, 1.165) is 32.1 Å². The number of unbranched alkanes of at least 4 members (excludes halogenated alkanes) is 1. The predicted octanol–water partition coefficient (Wildman–Crippen LogP) is 1.91. The smallest absolute Gasteiger partial charge is 0.191 e. The van der Waals surface area contributed by atoms with Crippen molar-refractivity contribution in [3.05, 3.63) is 0 Å². The summed E-state index contributed by atoms with van der Waals surface area (Å²) in [5.74, 6) is 0.913. The van der Waals surface area contributed by atoms with Crippen LogP contribution in [-0.2, 0) is 4.74 Å². The monoisotopic (exact) mass is 241 g/mol. The van der Waals surface area contributed by atoms with E-state index in [0.29, 0.717) is 6.04 Å². The SMILES string of the molecule is CCCCOCCNC(=NC)NC1CCCC1. The second-order valence-corrected chi connectivity index (χ2v) is 4.59. The van der Waals surface area contributed by atoms with Crippen LogP contribution in [0.2, 0.25) is 0 Å². The first-order chi connectivity index (χ1) is 8.36. The number of hydrogen-bond donors (Lipinski definition) is 2. The van der Waals surface area contributed by atoms with Gasteiger partial charge in [0.05, 0.1) is 6.61 Å². The van der Waals surface area contributed by atoms with Crippen molar-refractivity contribution >= 4 is 5.96 Å². The van der Waals surface area contributed by atoms with Crippen molar-refractivity contribution in [2.75, 3.05) is 26.8 Å². The summed E-state index contributed by atoms with van der Waals surface area (Å²) in [5, 5.41) is 6.74. The molecule has 2 N–H and O–H groups in total. The highest BCUT2D eigenvalue weighted by Crippen LogP contribution is 2.17. The molecule has 0 aromatic heterocycles. The minimum atomic E-state index is 0.613. The zero-order valence-electron chi connectivity index (χ0n) is 11.3. The lowest BCUT2D eigenvalue weighted by atomic mass is 10.2. The van der Waals surface area contributed by atoms with E-state index in [1.807, 2.05) is 7.05 Å². The van der Waals surface area contributed by atoms with E-state index in [9.17, 15) is 0 Å². The van der Waals surface area contributed by atoms with Gasteiger partial charge in [-0.15, -0.1) is 0 Å². The van der Waals surface area contributed by atoms with Crippen LogP contribution in [0.15, 0.2) is 4.99 Å². The Morgan fingerprint density at radius 2 is 2.06 bits per heavy atom. The van der Waals surface area contributed by atoms with E-state index in [1.165, 1.54) is 32.1 Å². The Hall–Kier alpha value is -0.770. The molecule has 0 bridgehead atoms. The number of guanidine groups is 1. The minimum Gasteiger partial charge on any atom is -0.380 e. The highest BCUT2D eigenvalue weighted by molar-refractivity contribution is 5.79. The molecule has 0 radical (unpaired) electrons. The van der Waals surface area contributed by atoms with Gasteiger partial charge in [-0.2, -0.15) is 0 Å². The summed E-state index contributed by atoms with van der Waals surface area (Å²) < 4.78 is 5.49. The third-order valence-corrected chi connectivity index (χ3v) is 3.10. The molecule has 0 aromatic rings. The van der Waals surface area contributed by atoms with Gasteiger partial charge < -0.3 is 15.4 Å². The first-order valence-corrected chi connectivity index (χ1v) is 6.91. The molecule has 0 spiro atoms. The average molecular weight is 241 g/mol. The molecule has 1 fully saturated rings. The summed E-state index contributed by atoms with van der Waals surface area (Å²) in [7, 11) is 1.82. The van der Waals surface area contributed by atoms with Crippen LogP contribution in [0.25, 0.3) is 0 Å². The van der Waals surface area contributed by atoms with Gasteiger partial charge >= 0.3 is 0 Å². The molecule has 4 heteroatoms. The summed E-state index contributed by atoms with van der Waals surface area (Å²) in [5.41, 5.74) is 0. The van der Waals surface area contributed by atoms with Crippen LogP contribution >= 0.6 is 0 Å². The molecule has 0 aromatic carbocycles. The lowest BCUT2D eigenvalue weighted by Crippen LogP contribution is -2.43. The van der Waals surface area contributed by atoms with E-state index in [-0.39, 0.29) is 0 Å². The van der Waals surface area contributed by atoms with E-state index >= 15 is 0 Å². The standard InChI is InChI=1S/C13H27N3O/c1-3-4-10-17-11-9-15-13(14-2)16-12-7-5-6-8-12/h12H,3-11H2,1-2H3,(H2,14,15,16). The molecular formula is C13H27N3O. The van der Waals surface area contributed by atoms with Crippen LogP contribution in [0.1, 0.15) is 45.4 Å². The van der Waals surface area contributed by atoms with Crippen molar-refractivity contribution in [2.45, 2.75) is 51.5 Å². The van der Waals surface area contributed by atoms with Gasteiger partial charge in [-0.05, 0) is 19.3 Å². The molecule has 0 atom stereocenters. The van der Waals surface area contributed by atoms with Crippen LogP contribution in [0, 0.1) is 0 Å². The number of rotatable bonds is 7. The second-order valence-electron chi connectivity index (χ2n) is 4.59. The molecule has 1 aliphatic carbocycles. The maximum Gasteiger partial charge on any atom is 0.191 e. The first kappa shape index (κ1) is 14.3. The maximum absolute atomic E-state index is 5.49. The molecule has 0 saturated heterocycles. The first-order valence-electron chi connectivity index (χ1n) is 6.91. The van der Waals surface area contributed by atoms with Gasteiger partial charge in [0.2, 0.25) is 0 Å². The van der Waals surface area contributed by atoms with Crippen molar-refractivity contribution in [1.29, 1.82) is 0 Å². The van der Waals surface area contributed by atoms with Crippen molar-refractivity contribution in [2.24, 2.45) is 4.99 Å². The summed E-state index contributed by atoms with van der Waals surface area (Å²) >= 11 is 0. The molecule has 0 heterocycles. The summed E-state index contributed by atoms with van der Waals surface area (Å²) in [4.78, 5) is 4.22. The molecule has 100 valence electrons. The highest BCUT2D eigenvalue weighted by Gasteiger charge is 2.15. The zero-order valence-corrected chi connectivity index (χ0v) is 11.3. The fourth-order valence-corrected chi connectivity index (χ4v) is 2.05. The van der Waals surface area contributed by atoms with Crippen molar-refractivity contribution in [1.82, 2.24) is 10.6 Å². The van der Waals surface area contributed by atoms with Gasteiger partial charge in [0.15, 0.2) is 5.96 Å².